The number of nitro benzene ring substituents is 1. The van der Waals surface area contributed by atoms with Crippen molar-refractivity contribution in [3.05, 3.63) is 66.1 Å². The normalized spacial score (nSPS) is 11.0. The SMILES string of the molecule is O=[N+]([O-])c1cc(Cl)c(Cc2nc3ccc(Cl)cc3s2)c(Cl)c1. The van der Waals surface area contributed by atoms with Crippen molar-refractivity contribution in [2.75, 3.05) is 0 Å². The van der Waals surface area contributed by atoms with Crippen molar-refractivity contribution in [1.29, 1.82) is 0 Å². The molecule has 0 fully saturated rings. The van der Waals surface area contributed by atoms with Crippen molar-refractivity contribution >= 4 is 62.0 Å². The lowest BCUT2D eigenvalue weighted by Crippen LogP contribution is -1.94. The van der Waals surface area contributed by atoms with Crippen LogP contribution in [-0.2, 0) is 6.42 Å². The number of thiazole rings is 1. The van der Waals surface area contributed by atoms with E-state index in [1.165, 1.54) is 23.5 Å². The summed E-state index contributed by atoms with van der Waals surface area (Å²) in [5.41, 5.74) is 1.34. The Balaban J connectivity index is 1.99. The van der Waals surface area contributed by atoms with Gasteiger partial charge in [0.05, 0.1) is 30.2 Å². The zero-order valence-electron chi connectivity index (χ0n) is 10.8. The van der Waals surface area contributed by atoms with Crippen molar-refractivity contribution in [3.63, 3.8) is 0 Å². The minimum atomic E-state index is -0.527. The van der Waals surface area contributed by atoms with Crippen LogP contribution in [0.3, 0.4) is 0 Å². The molecule has 2 aromatic carbocycles. The lowest BCUT2D eigenvalue weighted by molar-refractivity contribution is -0.384. The van der Waals surface area contributed by atoms with Crippen LogP contribution in [0, 0.1) is 10.1 Å². The number of halogens is 3. The molecule has 3 rings (SSSR count). The van der Waals surface area contributed by atoms with E-state index in [0.29, 0.717) is 17.0 Å². The Labute approximate surface area is 144 Å². The first-order chi connectivity index (χ1) is 10.4. The van der Waals surface area contributed by atoms with E-state index in [1.54, 1.807) is 6.07 Å². The van der Waals surface area contributed by atoms with Gasteiger partial charge in [0, 0.05) is 23.6 Å². The number of fused-ring (bicyclic) bond motifs is 1. The van der Waals surface area contributed by atoms with Crippen LogP contribution in [0.15, 0.2) is 30.3 Å². The van der Waals surface area contributed by atoms with Crippen LogP contribution in [-0.4, -0.2) is 9.91 Å². The van der Waals surface area contributed by atoms with Gasteiger partial charge in [-0.2, -0.15) is 0 Å². The van der Waals surface area contributed by atoms with Crippen LogP contribution in [0.2, 0.25) is 15.1 Å². The second kappa shape index (κ2) is 6.01. The average molecular weight is 374 g/mol. The number of nitro groups is 1. The van der Waals surface area contributed by atoms with Gasteiger partial charge in [0.1, 0.15) is 0 Å². The molecule has 0 aliphatic heterocycles. The largest absolute Gasteiger partial charge is 0.272 e. The van der Waals surface area contributed by atoms with Gasteiger partial charge >= 0.3 is 0 Å². The Bertz CT molecular complexity index is 872. The molecule has 0 unspecified atom stereocenters. The first-order valence-corrected chi connectivity index (χ1v) is 8.06. The summed E-state index contributed by atoms with van der Waals surface area (Å²) in [5.74, 6) is 0. The molecule has 3 aromatic rings. The Morgan fingerprint density at radius 3 is 2.45 bits per heavy atom. The smallest absolute Gasteiger partial charge is 0.258 e. The number of rotatable bonds is 3. The van der Waals surface area contributed by atoms with E-state index in [9.17, 15) is 10.1 Å². The van der Waals surface area contributed by atoms with Crippen LogP contribution < -0.4 is 0 Å². The lowest BCUT2D eigenvalue weighted by Gasteiger charge is -2.05. The number of hydrogen-bond acceptors (Lipinski definition) is 4. The van der Waals surface area contributed by atoms with Gasteiger partial charge < -0.3 is 0 Å². The molecular formula is C14H7Cl3N2O2S. The Morgan fingerprint density at radius 1 is 1.14 bits per heavy atom. The molecule has 0 N–H and O–H groups in total. The van der Waals surface area contributed by atoms with E-state index in [-0.39, 0.29) is 15.7 Å². The fourth-order valence-electron chi connectivity index (χ4n) is 2.04. The minimum absolute atomic E-state index is 0.130. The van der Waals surface area contributed by atoms with E-state index in [1.807, 2.05) is 12.1 Å². The Morgan fingerprint density at radius 2 is 1.82 bits per heavy atom. The summed E-state index contributed by atoms with van der Waals surface area (Å²) in [6, 6.07) is 8.06. The van der Waals surface area contributed by atoms with Gasteiger partial charge in [0.2, 0.25) is 0 Å². The molecule has 1 heterocycles. The maximum absolute atomic E-state index is 10.8. The number of aromatic nitrogens is 1. The third-order valence-corrected chi connectivity index (χ3v) is 4.99. The van der Waals surface area contributed by atoms with Crippen molar-refractivity contribution in [3.8, 4) is 0 Å². The monoisotopic (exact) mass is 372 g/mol. The third kappa shape index (κ3) is 3.03. The number of hydrogen-bond donors (Lipinski definition) is 0. The van der Waals surface area contributed by atoms with E-state index < -0.39 is 4.92 Å². The molecule has 22 heavy (non-hydrogen) atoms. The van der Waals surface area contributed by atoms with E-state index in [4.69, 9.17) is 34.8 Å². The van der Waals surface area contributed by atoms with E-state index in [2.05, 4.69) is 4.98 Å². The summed E-state index contributed by atoms with van der Waals surface area (Å²) in [6.45, 7) is 0. The van der Waals surface area contributed by atoms with Crippen molar-refractivity contribution < 1.29 is 4.92 Å². The standard InChI is InChI=1S/C14H7Cl3N2O2S/c15-7-1-2-12-13(3-7)22-14(18-12)6-9-10(16)4-8(19(20)21)5-11(9)17/h1-5H,6H2. The summed E-state index contributed by atoms with van der Waals surface area (Å²) in [4.78, 5) is 14.8. The van der Waals surface area contributed by atoms with Gasteiger partial charge in [-0.1, -0.05) is 34.8 Å². The van der Waals surface area contributed by atoms with E-state index >= 15 is 0 Å². The summed E-state index contributed by atoms with van der Waals surface area (Å²) >= 11 is 19.7. The lowest BCUT2D eigenvalue weighted by atomic mass is 10.1. The molecular weight excluding hydrogens is 367 g/mol. The topological polar surface area (TPSA) is 56.0 Å². The maximum Gasteiger partial charge on any atom is 0.272 e. The quantitative estimate of drug-likeness (QED) is 0.433. The van der Waals surface area contributed by atoms with Gasteiger partial charge in [-0.05, 0) is 23.8 Å². The van der Waals surface area contributed by atoms with Gasteiger partial charge in [0.25, 0.3) is 5.69 Å². The minimum Gasteiger partial charge on any atom is -0.258 e. The second-order valence-electron chi connectivity index (χ2n) is 4.54. The molecule has 8 heteroatoms. The number of benzene rings is 2. The van der Waals surface area contributed by atoms with Gasteiger partial charge in [-0.3, -0.25) is 10.1 Å². The Kier molecular flexibility index (Phi) is 4.23. The first kappa shape index (κ1) is 15.5. The summed E-state index contributed by atoms with van der Waals surface area (Å²) in [5, 5.41) is 12.8. The van der Waals surface area contributed by atoms with Crippen LogP contribution >= 0.6 is 46.1 Å². The molecule has 0 aliphatic carbocycles. The molecule has 0 aliphatic rings. The van der Waals surface area contributed by atoms with Gasteiger partial charge in [0.15, 0.2) is 0 Å². The van der Waals surface area contributed by atoms with Gasteiger partial charge in [-0.25, -0.2) is 4.98 Å². The summed E-state index contributed by atoms with van der Waals surface area (Å²) < 4.78 is 0.969. The highest BCUT2D eigenvalue weighted by Gasteiger charge is 2.16. The molecule has 0 spiro atoms. The fourth-order valence-corrected chi connectivity index (χ4v) is 3.90. The second-order valence-corrected chi connectivity index (χ2v) is 6.91. The molecule has 0 saturated heterocycles. The van der Waals surface area contributed by atoms with Crippen molar-refractivity contribution in [2.24, 2.45) is 0 Å². The highest BCUT2D eigenvalue weighted by Crippen LogP contribution is 2.34. The maximum atomic E-state index is 10.8. The highest BCUT2D eigenvalue weighted by atomic mass is 35.5. The predicted molar refractivity (Wildman–Crippen MR) is 90.6 cm³/mol. The summed E-state index contributed by atoms with van der Waals surface area (Å²) in [7, 11) is 0. The van der Waals surface area contributed by atoms with E-state index in [0.717, 1.165) is 15.2 Å². The third-order valence-electron chi connectivity index (χ3n) is 3.06. The predicted octanol–water partition coefficient (Wildman–Crippen LogP) is 5.76. The zero-order chi connectivity index (χ0) is 15.9. The average Bonchev–Trinajstić information content (AvgIpc) is 2.84. The van der Waals surface area contributed by atoms with Crippen LogP contribution in [0.5, 0.6) is 0 Å². The first-order valence-electron chi connectivity index (χ1n) is 6.11. The zero-order valence-corrected chi connectivity index (χ0v) is 13.9. The fraction of sp³-hybridized carbons (Fsp3) is 0.0714. The summed E-state index contributed by atoms with van der Waals surface area (Å²) in [6.07, 6.45) is 0.409. The molecule has 112 valence electrons. The molecule has 1 aromatic heterocycles. The molecule has 0 radical (unpaired) electrons. The Hall–Kier alpha value is -1.40. The molecule has 0 amide bonds. The highest BCUT2D eigenvalue weighted by molar-refractivity contribution is 7.18. The van der Waals surface area contributed by atoms with Crippen molar-refractivity contribution in [2.45, 2.75) is 6.42 Å². The molecule has 0 saturated carbocycles. The van der Waals surface area contributed by atoms with Crippen LogP contribution in [0.25, 0.3) is 10.2 Å². The molecule has 4 nitrogen and oxygen atoms in total. The van der Waals surface area contributed by atoms with Crippen molar-refractivity contribution in [1.82, 2.24) is 4.98 Å². The van der Waals surface area contributed by atoms with Gasteiger partial charge in [-0.15, -0.1) is 11.3 Å². The molecule has 0 atom stereocenters. The number of nitrogens with zero attached hydrogens (tertiary/aromatic N) is 2. The molecule has 0 bridgehead atoms. The van der Waals surface area contributed by atoms with Crippen LogP contribution in [0.4, 0.5) is 5.69 Å². The van der Waals surface area contributed by atoms with Crippen LogP contribution in [0.1, 0.15) is 10.6 Å². The number of non-ortho nitro benzene ring substituents is 1.